The van der Waals surface area contributed by atoms with Gasteiger partial charge >= 0.3 is 0 Å². The quantitative estimate of drug-likeness (QED) is 0.154. The van der Waals surface area contributed by atoms with Gasteiger partial charge in [0.05, 0.1) is 5.69 Å². The van der Waals surface area contributed by atoms with Gasteiger partial charge in [0.1, 0.15) is 0 Å². The Morgan fingerprint density at radius 2 is 0.764 bits per heavy atom. The Morgan fingerprint density at radius 3 is 1.27 bits per heavy atom. The number of hydrogen-bond acceptors (Lipinski definition) is 3. The second kappa shape index (κ2) is 19.6. The molecule has 0 saturated carbocycles. The monoisotopic (exact) mass is 1170 g/mol. The van der Waals surface area contributed by atoms with Crippen LogP contribution >= 0.6 is 0 Å². The normalized spacial score (nSPS) is 20.4. The molecule has 0 bridgehead atoms. The topological polar surface area (TPSA) is 9.72 Å². The lowest BCUT2D eigenvalue weighted by Crippen LogP contribution is -2.62. The molecule has 3 nitrogen and oxygen atoms in total. The third kappa shape index (κ3) is 9.45. The lowest BCUT2D eigenvalue weighted by molar-refractivity contribution is 0.332. The van der Waals surface area contributed by atoms with Crippen LogP contribution in [0.5, 0.6) is 0 Å². The smallest absolute Gasteiger partial charge is 0.252 e. The summed E-state index contributed by atoms with van der Waals surface area (Å²) in [6.07, 6.45) is 9.35. The maximum atomic E-state index is 2.73. The zero-order valence-corrected chi connectivity index (χ0v) is 57.9. The minimum atomic E-state index is -0.0647. The molecule has 0 amide bonds. The summed E-state index contributed by atoms with van der Waals surface area (Å²) in [5.41, 5.74) is 32.6. The highest BCUT2D eigenvalue weighted by Gasteiger charge is 2.49. The maximum Gasteiger partial charge on any atom is 0.252 e. The average molecular weight is 1170 g/mol. The molecule has 0 saturated heterocycles. The van der Waals surface area contributed by atoms with Crippen LogP contribution in [0.2, 0.25) is 0 Å². The van der Waals surface area contributed by atoms with Gasteiger partial charge in [-0.1, -0.05) is 198 Å². The molecule has 0 aromatic heterocycles. The molecule has 0 radical (unpaired) electrons. The first-order valence-corrected chi connectivity index (χ1v) is 34.1. The van der Waals surface area contributed by atoms with E-state index >= 15 is 0 Å². The summed E-state index contributed by atoms with van der Waals surface area (Å²) in [6.45, 7) is 49.1. The second-order valence-corrected chi connectivity index (χ2v) is 35.0. The van der Waals surface area contributed by atoms with Crippen molar-refractivity contribution in [3.63, 3.8) is 0 Å². The van der Waals surface area contributed by atoms with Gasteiger partial charge in [0, 0.05) is 51.1 Å². The third-order valence-corrected chi connectivity index (χ3v) is 23.9. The van der Waals surface area contributed by atoms with Gasteiger partial charge < -0.3 is 14.7 Å². The Hall–Kier alpha value is -6.78. The Morgan fingerprint density at radius 1 is 0.348 bits per heavy atom. The first kappa shape index (κ1) is 59.8. The summed E-state index contributed by atoms with van der Waals surface area (Å²) in [7, 11) is 0. The standard InChI is InChI=1S/C85H100BN3/c1-53-44-74-76-75(45-53)89(71-35-26-55(77(2,3)4)46-60(71)54-24-22-21-23-25-54)72-50-59(87(56-27-31-61-64(47-56)81(11,12)39-36-78(61,5)6)57-28-32-62-65(48-57)82(13,14)40-37-79(62,7)8)30-34-69(72)86(76)70-51-67-68(85(19,20)43-42-84(67,17)18)52-73(70)88(74)58-29-33-63-66(49-58)83(15,16)41-38-80(63,9)10/h21-35,44-52H,36-43H2,1-20H3. The summed E-state index contributed by atoms with van der Waals surface area (Å²) >= 11 is 0. The van der Waals surface area contributed by atoms with Crippen molar-refractivity contribution in [2.24, 2.45) is 0 Å². The summed E-state index contributed by atoms with van der Waals surface area (Å²) in [4.78, 5) is 8.09. The molecule has 6 aliphatic rings. The molecule has 0 spiro atoms. The van der Waals surface area contributed by atoms with Crippen LogP contribution in [0.4, 0.5) is 51.2 Å². The Labute approximate surface area is 536 Å². The molecule has 4 aliphatic carbocycles. The molecule has 2 aliphatic heterocycles. The van der Waals surface area contributed by atoms with E-state index in [9.17, 15) is 0 Å². The van der Waals surface area contributed by atoms with Gasteiger partial charge in [0.2, 0.25) is 0 Å². The SMILES string of the molecule is Cc1cc2c3c(c1)N(c1ccc(C(C)(C)C)cc1-c1ccccc1)c1cc(N(c4ccc5c(c4)C(C)(C)CCC5(C)C)c4ccc5c(c4)C(C)(C)CCC5(C)C)ccc1B3c1cc3c(cc1N2c1ccc2c(c1)C(C)(C)CCC2(C)C)C(C)(C)CCC3(C)C. The molecule has 14 rings (SSSR count). The van der Waals surface area contributed by atoms with Gasteiger partial charge in [-0.15, -0.1) is 0 Å². The zero-order valence-electron chi connectivity index (χ0n) is 57.9. The minimum absolute atomic E-state index is 0.00705. The van der Waals surface area contributed by atoms with Crippen molar-refractivity contribution in [2.75, 3.05) is 14.7 Å². The molecule has 0 atom stereocenters. The Balaban J connectivity index is 1.10. The van der Waals surface area contributed by atoms with Crippen LogP contribution < -0.4 is 31.1 Å². The molecular formula is C85H100BN3. The molecule has 458 valence electrons. The average Bonchev–Trinajstić information content (AvgIpc) is 0.696. The maximum absolute atomic E-state index is 2.73. The molecule has 8 aromatic carbocycles. The molecule has 0 N–H and O–H groups in total. The number of fused-ring (bicyclic) bond motifs is 8. The fourth-order valence-electron chi connectivity index (χ4n) is 17.5. The highest BCUT2D eigenvalue weighted by molar-refractivity contribution is 7.00. The zero-order chi connectivity index (χ0) is 63.3. The van der Waals surface area contributed by atoms with E-state index in [0.29, 0.717) is 0 Å². The number of benzene rings is 8. The van der Waals surface area contributed by atoms with Gasteiger partial charge in [-0.05, 0) is 263 Å². The van der Waals surface area contributed by atoms with Crippen LogP contribution in [0.1, 0.15) is 239 Å². The van der Waals surface area contributed by atoms with E-state index in [-0.39, 0.29) is 55.4 Å². The molecule has 0 unspecified atom stereocenters. The number of nitrogens with zero attached hydrogens (tertiary/aromatic N) is 3. The van der Waals surface area contributed by atoms with E-state index in [4.69, 9.17) is 0 Å². The van der Waals surface area contributed by atoms with Crippen LogP contribution in [0, 0.1) is 6.92 Å². The Kier molecular flexibility index (Phi) is 13.2. The number of rotatable bonds is 6. The lowest BCUT2D eigenvalue weighted by atomic mass is 9.33. The lowest BCUT2D eigenvalue weighted by Gasteiger charge is -2.48. The molecule has 89 heavy (non-hydrogen) atoms. The fraction of sp³-hybridized carbons (Fsp3) is 0.435. The van der Waals surface area contributed by atoms with Crippen molar-refractivity contribution < 1.29 is 0 Å². The predicted molar refractivity (Wildman–Crippen MR) is 385 cm³/mol. The van der Waals surface area contributed by atoms with Gasteiger partial charge in [0.15, 0.2) is 0 Å². The molecule has 2 heterocycles. The van der Waals surface area contributed by atoms with Crippen LogP contribution in [0.15, 0.2) is 146 Å². The predicted octanol–water partition coefficient (Wildman–Crippen LogP) is 21.9. The molecule has 0 fully saturated rings. The summed E-state index contributed by atoms with van der Waals surface area (Å²) in [6, 6.07) is 59.5. The van der Waals surface area contributed by atoms with E-state index < -0.39 is 0 Å². The van der Waals surface area contributed by atoms with Crippen LogP contribution in [-0.4, -0.2) is 6.71 Å². The third-order valence-electron chi connectivity index (χ3n) is 23.9. The molecular weight excluding hydrogens is 1070 g/mol. The van der Waals surface area contributed by atoms with E-state index in [1.165, 1.54) is 160 Å². The van der Waals surface area contributed by atoms with E-state index in [1.54, 1.807) is 0 Å². The van der Waals surface area contributed by atoms with Crippen molar-refractivity contribution >= 4 is 74.3 Å². The van der Waals surface area contributed by atoms with Crippen LogP contribution in [0.3, 0.4) is 0 Å². The van der Waals surface area contributed by atoms with Crippen LogP contribution in [-0.2, 0) is 48.7 Å². The first-order valence-electron chi connectivity index (χ1n) is 34.1. The largest absolute Gasteiger partial charge is 0.311 e. The fourth-order valence-corrected chi connectivity index (χ4v) is 17.5. The van der Waals surface area contributed by atoms with Crippen molar-refractivity contribution in [3.8, 4) is 11.1 Å². The first-order chi connectivity index (χ1) is 41.6. The van der Waals surface area contributed by atoms with Gasteiger partial charge in [0.25, 0.3) is 6.71 Å². The molecule has 4 heteroatoms. The summed E-state index contributed by atoms with van der Waals surface area (Å²) in [5.74, 6) is 0. The van der Waals surface area contributed by atoms with E-state index in [2.05, 4.69) is 299 Å². The van der Waals surface area contributed by atoms with Crippen molar-refractivity contribution in [2.45, 2.75) is 239 Å². The van der Waals surface area contributed by atoms with Crippen molar-refractivity contribution in [3.05, 3.63) is 201 Å². The molecule has 8 aromatic rings. The summed E-state index contributed by atoms with van der Waals surface area (Å²) in [5, 5.41) is 0. The van der Waals surface area contributed by atoms with Gasteiger partial charge in [-0.25, -0.2) is 0 Å². The van der Waals surface area contributed by atoms with E-state index in [0.717, 1.165) is 25.7 Å². The van der Waals surface area contributed by atoms with Crippen molar-refractivity contribution in [1.82, 2.24) is 0 Å². The van der Waals surface area contributed by atoms with Crippen molar-refractivity contribution in [1.29, 1.82) is 0 Å². The van der Waals surface area contributed by atoms with Gasteiger partial charge in [-0.3, -0.25) is 0 Å². The second-order valence-electron chi connectivity index (χ2n) is 35.0. The van der Waals surface area contributed by atoms with E-state index in [1.807, 2.05) is 0 Å². The number of hydrogen-bond donors (Lipinski definition) is 0. The highest BCUT2D eigenvalue weighted by atomic mass is 15.2. The number of aryl methyl sites for hydroxylation is 1. The highest BCUT2D eigenvalue weighted by Crippen LogP contribution is 2.56. The van der Waals surface area contributed by atoms with Gasteiger partial charge in [-0.2, -0.15) is 0 Å². The van der Waals surface area contributed by atoms with Crippen LogP contribution in [0.25, 0.3) is 11.1 Å². The summed E-state index contributed by atoms with van der Waals surface area (Å²) < 4.78 is 0. The minimum Gasteiger partial charge on any atom is -0.311 e. The number of anilines is 9. The Bertz CT molecular complexity index is 4150.